The Morgan fingerprint density at radius 3 is 2.56 bits per heavy atom. The topological polar surface area (TPSA) is 49.4 Å². The SMILES string of the molecule is CCN1CCC2Nc3ccc(S(=O)(=O)c4ccccc4)cc3[C@H]2CC1. The van der Waals surface area contributed by atoms with Gasteiger partial charge in [0.25, 0.3) is 0 Å². The number of hydrogen-bond donors (Lipinski definition) is 1. The predicted octanol–water partition coefficient (Wildman–Crippen LogP) is 3.51. The molecule has 1 fully saturated rings. The molecule has 0 saturated carbocycles. The molecule has 132 valence electrons. The van der Waals surface area contributed by atoms with Gasteiger partial charge in [0.2, 0.25) is 9.84 Å². The van der Waals surface area contributed by atoms with Crippen molar-refractivity contribution in [1.82, 2.24) is 4.90 Å². The van der Waals surface area contributed by atoms with Crippen molar-refractivity contribution in [1.29, 1.82) is 0 Å². The Hall–Kier alpha value is -1.85. The number of rotatable bonds is 3. The molecule has 2 aromatic carbocycles. The van der Waals surface area contributed by atoms with Crippen LogP contribution in [0, 0.1) is 0 Å². The van der Waals surface area contributed by atoms with Crippen LogP contribution in [0.15, 0.2) is 58.3 Å². The number of fused-ring (bicyclic) bond motifs is 3. The summed E-state index contributed by atoms with van der Waals surface area (Å²) in [5.74, 6) is 0.400. The summed E-state index contributed by atoms with van der Waals surface area (Å²) in [6.45, 7) is 5.46. The van der Waals surface area contributed by atoms with E-state index in [1.807, 2.05) is 18.2 Å². The quantitative estimate of drug-likeness (QED) is 0.914. The molecule has 1 saturated heterocycles. The lowest BCUT2D eigenvalue weighted by molar-refractivity contribution is 0.298. The Kier molecular flexibility index (Phi) is 4.29. The van der Waals surface area contributed by atoms with E-state index >= 15 is 0 Å². The number of anilines is 1. The van der Waals surface area contributed by atoms with Gasteiger partial charge in [-0.25, -0.2) is 8.42 Å². The fourth-order valence-corrected chi connectivity index (χ4v) is 5.42. The monoisotopic (exact) mass is 356 g/mol. The van der Waals surface area contributed by atoms with E-state index in [1.54, 1.807) is 30.3 Å². The van der Waals surface area contributed by atoms with Gasteiger partial charge in [-0.1, -0.05) is 25.1 Å². The minimum absolute atomic E-state index is 0.357. The summed E-state index contributed by atoms with van der Waals surface area (Å²) in [7, 11) is -3.46. The smallest absolute Gasteiger partial charge is 0.206 e. The zero-order valence-electron chi connectivity index (χ0n) is 14.5. The molecular formula is C20H24N2O2S. The zero-order chi connectivity index (χ0) is 17.4. The highest BCUT2D eigenvalue weighted by atomic mass is 32.2. The molecule has 0 bridgehead atoms. The van der Waals surface area contributed by atoms with Crippen molar-refractivity contribution in [3.05, 3.63) is 54.1 Å². The third-order valence-corrected chi connectivity index (χ3v) is 7.34. The third kappa shape index (κ3) is 2.96. The van der Waals surface area contributed by atoms with Gasteiger partial charge in [-0.15, -0.1) is 0 Å². The summed E-state index contributed by atoms with van der Waals surface area (Å²) in [6, 6.07) is 14.7. The average molecular weight is 356 g/mol. The lowest BCUT2D eigenvalue weighted by Crippen LogP contribution is -2.25. The number of likely N-dealkylation sites (tertiary alicyclic amines) is 1. The second-order valence-electron chi connectivity index (χ2n) is 6.93. The first-order valence-electron chi connectivity index (χ1n) is 9.02. The van der Waals surface area contributed by atoms with Gasteiger partial charge in [0.15, 0.2) is 0 Å². The molecule has 2 aliphatic heterocycles. The van der Waals surface area contributed by atoms with Gasteiger partial charge in [-0.2, -0.15) is 0 Å². The van der Waals surface area contributed by atoms with Crippen LogP contribution in [0.1, 0.15) is 31.2 Å². The maximum Gasteiger partial charge on any atom is 0.206 e. The van der Waals surface area contributed by atoms with Crippen LogP contribution in [0.5, 0.6) is 0 Å². The van der Waals surface area contributed by atoms with E-state index < -0.39 is 9.84 Å². The first-order chi connectivity index (χ1) is 12.1. The van der Waals surface area contributed by atoms with Crippen molar-refractivity contribution in [2.75, 3.05) is 25.0 Å². The largest absolute Gasteiger partial charge is 0.381 e. The lowest BCUT2D eigenvalue weighted by atomic mass is 9.91. The summed E-state index contributed by atoms with van der Waals surface area (Å²) in [5, 5.41) is 3.62. The number of nitrogens with one attached hydrogen (secondary N) is 1. The van der Waals surface area contributed by atoms with E-state index in [1.165, 1.54) is 5.56 Å². The molecule has 1 N–H and O–H groups in total. The van der Waals surface area contributed by atoms with Crippen molar-refractivity contribution in [3.8, 4) is 0 Å². The van der Waals surface area contributed by atoms with Crippen LogP contribution in [0.2, 0.25) is 0 Å². The fraction of sp³-hybridized carbons (Fsp3) is 0.400. The van der Waals surface area contributed by atoms with E-state index in [0.29, 0.717) is 21.8 Å². The van der Waals surface area contributed by atoms with Gasteiger partial charge in [0, 0.05) is 24.2 Å². The molecule has 4 nitrogen and oxygen atoms in total. The molecule has 2 aromatic rings. The lowest BCUT2D eigenvalue weighted by Gasteiger charge is -2.17. The number of benzene rings is 2. The zero-order valence-corrected chi connectivity index (χ0v) is 15.3. The van der Waals surface area contributed by atoms with E-state index in [-0.39, 0.29) is 0 Å². The summed E-state index contributed by atoms with van der Waals surface area (Å²) >= 11 is 0. The van der Waals surface area contributed by atoms with Crippen LogP contribution in [-0.4, -0.2) is 39.0 Å². The van der Waals surface area contributed by atoms with Crippen LogP contribution in [-0.2, 0) is 9.84 Å². The Balaban J connectivity index is 1.69. The predicted molar refractivity (Wildman–Crippen MR) is 99.8 cm³/mol. The summed E-state index contributed by atoms with van der Waals surface area (Å²) in [5.41, 5.74) is 2.27. The van der Waals surface area contributed by atoms with Gasteiger partial charge in [0.05, 0.1) is 9.79 Å². The summed E-state index contributed by atoms with van der Waals surface area (Å²) in [6.07, 6.45) is 2.18. The molecule has 5 heteroatoms. The van der Waals surface area contributed by atoms with Gasteiger partial charge in [0.1, 0.15) is 0 Å². The highest BCUT2D eigenvalue weighted by molar-refractivity contribution is 7.91. The number of nitrogens with zero attached hydrogens (tertiary/aromatic N) is 1. The highest BCUT2D eigenvalue weighted by Crippen LogP contribution is 2.42. The van der Waals surface area contributed by atoms with Crippen molar-refractivity contribution >= 4 is 15.5 Å². The first kappa shape index (κ1) is 16.6. The Morgan fingerprint density at radius 2 is 1.80 bits per heavy atom. The summed E-state index contributed by atoms with van der Waals surface area (Å²) in [4.78, 5) is 3.23. The minimum atomic E-state index is -3.46. The molecule has 1 unspecified atom stereocenters. The van der Waals surface area contributed by atoms with E-state index in [9.17, 15) is 8.42 Å². The van der Waals surface area contributed by atoms with Gasteiger partial charge in [-0.05, 0) is 61.8 Å². The van der Waals surface area contributed by atoms with E-state index in [2.05, 4.69) is 17.1 Å². The normalized spacial score (nSPS) is 23.4. The van der Waals surface area contributed by atoms with Crippen LogP contribution in [0.3, 0.4) is 0 Å². The highest BCUT2D eigenvalue weighted by Gasteiger charge is 2.35. The molecular weight excluding hydrogens is 332 g/mol. The van der Waals surface area contributed by atoms with E-state index in [0.717, 1.165) is 38.2 Å². The molecule has 2 atom stereocenters. The van der Waals surface area contributed by atoms with Crippen LogP contribution >= 0.6 is 0 Å². The van der Waals surface area contributed by atoms with Gasteiger partial charge >= 0.3 is 0 Å². The molecule has 0 aliphatic carbocycles. The number of hydrogen-bond acceptors (Lipinski definition) is 4. The number of sulfone groups is 1. The minimum Gasteiger partial charge on any atom is -0.381 e. The van der Waals surface area contributed by atoms with Crippen LogP contribution < -0.4 is 5.32 Å². The second-order valence-corrected chi connectivity index (χ2v) is 8.88. The molecule has 2 aliphatic rings. The summed E-state index contributed by atoms with van der Waals surface area (Å²) < 4.78 is 25.9. The molecule has 0 amide bonds. The van der Waals surface area contributed by atoms with Crippen molar-refractivity contribution in [3.63, 3.8) is 0 Å². The Bertz CT molecular complexity index is 865. The molecule has 4 rings (SSSR count). The van der Waals surface area contributed by atoms with E-state index in [4.69, 9.17) is 0 Å². The second kappa shape index (κ2) is 6.46. The van der Waals surface area contributed by atoms with Gasteiger partial charge < -0.3 is 10.2 Å². The van der Waals surface area contributed by atoms with Crippen molar-refractivity contribution in [2.24, 2.45) is 0 Å². The molecule has 25 heavy (non-hydrogen) atoms. The molecule has 2 heterocycles. The standard InChI is InChI=1S/C20H24N2O2S/c1-2-22-12-10-17-18-14-16(8-9-19(18)21-20(17)11-13-22)25(23,24)15-6-4-3-5-7-15/h3-9,14,17,20-21H,2,10-13H2,1H3/t17-,20?/m1/s1. The molecule has 0 aromatic heterocycles. The Labute approximate surface area is 149 Å². The Morgan fingerprint density at radius 1 is 1.04 bits per heavy atom. The average Bonchev–Trinajstić information content (AvgIpc) is 2.86. The fourth-order valence-electron chi connectivity index (χ4n) is 4.10. The van der Waals surface area contributed by atoms with Crippen molar-refractivity contribution in [2.45, 2.75) is 41.5 Å². The maximum atomic E-state index is 12.9. The van der Waals surface area contributed by atoms with Crippen LogP contribution in [0.25, 0.3) is 0 Å². The maximum absolute atomic E-state index is 12.9. The third-order valence-electron chi connectivity index (χ3n) is 5.57. The molecule has 0 radical (unpaired) electrons. The molecule has 0 spiro atoms. The first-order valence-corrected chi connectivity index (χ1v) is 10.5. The van der Waals surface area contributed by atoms with Crippen molar-refractivity contribution < 1.29 is 8.42 Å². The van der Waals surface area contributed by atoms with Gasteiger partial charge in [-0.3, -0.25) is 0 Å². The van der Waals surface area contributed by atoms with Crippen LogP contribution in [0.4, 0.5) is 5.69 Å².